The number of nitrogen functional groups attached to an aromatic ring is 1. The van der Waals surface area contributed by atoms with Gasteiger partial charge in [0.2, 0.25) is 0 Å². The van der Waals surface area contributed by atoms with Crippen molar-refractivity contribution in [2.75, 3.05) is 18.9 Å². The fourth-order valence-electron chi connectivity index (χ4n) is 2.25. The van der Waals surface area contributed by atoms with E-state index in [0.717, 1.165) is 5.75 Å². The Morgan fingerprint density at radius 3 is 2.61 bits per heavy atom. The van der Waals surface area contributed by atoms with E-state index in [2.05, 4.69) is 5.32 Å². The number of aliphatic hydroxyl groups is 1. The minimum Gasteiger partial charge on any atom is -0.491 e. The average Bonchev–Trinajstić information content (AvgIpc) is 2.89. The largest absolute Gasteiger partial charge is 0.491 e. The maximum atomic E-state index is 9.81. The summed E-state index contributed by atoms with van der Waals surface area (Å²) in [7, 11) is 0. The average molecular weight is 250 g/mol. The number of rotatable bonds is 6. The lowest BCUT2D eigenvalue weighted by molar-refractivity contribution is 0.104. The van der Waals surface area contributed by atoms with E-state index in [-0.39, 0.29) is 0 Å². The molecule has 1 saturated carbocycles. The van der Waals surface area contributed by atoms with Gasteiger partial charge in [0.25, 0.3) is 0 Å². The highest BCUT2D eigenvalue weighted by Crippen LogP contribution is 2.17. The first-order valence-corrected chi connectivity index (χ1v) is 6.64. The molecule has 1 aliphatic carbocycles. The third kappa shape index (κ3) is 4.20. The molecule has 2 rings (SSSR count). The van der Waals surface area contributed by atoms with Crippen molar-refractivity contribution in [3.05, 3.63) is 24.3 Å². The molecule has 0 aromatic heterocycles. The second kappa shape index (κ2) is 6.61. The van der Waals surface area contributed by atoms with E-state index in [1.165, 1.54) is 25.7 Å². The first-order chi connectivity index (χ1) is 8.74. The Kier molecular flexibility index (Phi) is 4.84. The van der Waals surface area contributed by atoms with Crippen LogP contribution in [0, 0.1) is 0 Å². The summed E-state index contributed by atoms with van der Waals surface area (Å²) in [5, 5.41) is 13.2. The zero-order chi connectivity index (χ0) is 12.8. The third-order valence-electron chi connectivity index (χ3n) is 3.32. The monoisotopic (exact) mass is 250 g/mol. The topological polar surface area (TPSA) is 67.5 Å². The van der Waals surface area contributed by atoms with Gasteiger partial charge in [0, 0.05) is 18.3 Å². The van der Waals surface area contributed by atoms with Gasteiger partial charge in [-0.05, 0) is 37.1 Å². The second-order valence-electron chi connectivity index (χ2n) is 4.92. The van der Waals surface area contributed by atoms with Crippen LogP contribution in [-0.2, 0) is 0 Å². The third-order valence-corrected chi connectivity index (χ3v) is 3.32. The van der Waals surface area contributed by atoms with Gasteiger partial charge in [-0.3, -0.25) is 0 Å². The van der Waals surface area contributed by atoms with Gasteiger partial charge in [-0.2, -0.15) is 0 Å². The van der Waals surface area contributed by atoms with Gasteiger partial charge >= 0.3 is 0 Å². The maximum absolute atomic E-state index is 9.81. The predicted octanol–water partition coefficient (Wildman–Crippen LogP) is 1.54. The molecule has 4 nitrogen and oxygen atoms in total. The molecular formula is C14H22N2O2. The summed E-state index contributed by atoms with van der Waals surface area (Å²) in [6, 6.07) is 7.78. The Hall–Kier alpha value is -1.26. The molecule has 1 fully saturated rings. The van der Waals surface area contributed by atoms with Crippen LogP contribution in [0.25, 0.3) is 0 Å². The van der Waals surface area contributed by atoms with E-state index in [1.54, 1.807) is 12.1 Å². The molecule has 0 spiro atoms. The van der Waals surface area contributed by atoms with Crippen molar-refractivity contribution < 1.29 is 9.84 Å². The van der Waals surface area contributed by atoms with Crippen LogP contribution in [0.5, 0.6) is 5.75 Å². The van der Waals surface area contributed by atoms with E-state index in [9.17, 15) is 5.11 Å². The summed E-state index contributed by atoms with van der Waals surface area (Å²) < 4.78 is 5.49. The summed E-state index contributed by atoms with van der Waals surface area (Å²) >= 11 is 0. The predicted molar refractivity (Wildman–Crippen MR) is 72.6 cm³/mol. The van der Waals surface area contributed by atoms with Gasteiger partial charge in [-0.1, -0.05) is 12.8 Å². The highest BCUT2D eigenvalue weighted by Gasteiger charge is 2.15. The summed E-state index contributed by atoms with van der Waals surface area (Å²) in [6.07, 6.45) is 4.59. The van der Waals surface area contributed by atoms with Gasteiger partial charge < -0.3 is 20.9 Å². The number of hydrogen-bond donors (Lipinski definition) is 3. The Bertz CT molecular complexity index is 347. The highest BCUT2D eigenvalue weighted by atomic mass is 16.5. The lowest BCUT2D eigenvalue weighted by Crippen LogP contribution is -2.36. The van der Waals surface area contributed by atoms with Crippen molar-refractivity contribution >= 4 is 5.69 Å². The smallest absolute Gasteiger partial charge is 0.119 e. The Morgan fingerprint density at radius 1 is 1.28 bits per heavy atom. The molecule has 1 atom stereocenters. The van der Waals surface area contributed by atoms with Gasteiger partial charge in [0.1, 0.15) is 18.5 Å². The quantitative estimate of drug-likeness (QED) is 0.670. The summed E-state index contributed by atoms with van der Waals surface area (Å²) in [4.78, 5) is 0. The van der Waals surface area contributed by atoms with Crippen molar-refractivity contribution in [1.82, 2.24) is 5.32 Å². The van der Waals surface area contributed by atoms with Crippen LogP contribution in [-0.4, -0.2) is 30.4 Å². The number of nitrogens with one attached hydrogen (secondary N) is 1. The van der Waals surface area contributed by atoms with E-state index >= 15 is 0 Å². The van der Waals surface area contributed by atoms with Crippen LogP contribution in [0.3, 0.4) is 0 Å². The van der Waals surface area contributed by atoms with E-state index in [1.807, 2.05) is 12.1 Å². The standard InChI is InChI=1S/C14H22N2O2/c15-11-5-7-14(8-6-11)18-10-13(17)9-16-12-3-1-2-4-12/h5-8,12-13,16-17H,1-4,9-10,15H2. The highest BCUT2D eigenvalue weighted by molar-refractivity contribution is 5.41. The Labute approximate surface area is 108 Å². The molecule has 0 aliphatic heterocycles. The number of ether oxygens (including phenoxy) is 1. The summed E-state index contributed by atoms with van der Waals surface area (Å²) in [5.74, 6) is 0.740. The molecule has 0 saturated heterocycles. The first kappa shape index (κ1) is 13.2. The molecule has 1 unspecified atom stereocenters. The molecule has 100 valence electrons. The van der Waals surface area contributed by atoms with E-state index in [4.69, 9.17) is 10.5 Å². The van der Waals surface area contributed by atoms with Crippen LogP contribution in [0.15, 0.2) is 24.3 Å². The van der Waals surface area contributed by atoms with E-state index < -0.39 is 6.10 Å². The number of benzene rings is 1. The zero-order valence-electron chi connectivity index (χ0n) is 10.6. The van der Waals surface area contributed by atoms with Crippen molar-refractivity contribution in [3.63, 3.8) is 0 Å². The molecule has 1 aromatic rings. The van der Waals surface area contributed by atoms with Crippen molar-refractivity contribution in [3.8, 4) is 5.75 Å². The fourth-order valence-corrected chi connectivity index (χ4v) is 2.25. The van der Waals surface area contributed by atoms with Crippen LogP contribution in [0.2, 0.25) is 0 Å². The van der Waals surface area contributed by atoms with Crippen molar-refractivity contribution in [2.24, 2.45) is 0 Å². The Morgan fingerprint density at radius 2 is 1.94 bits per heavy atom. The lowest BCUT2D eigenvalue weighted by Gasteiger charge is -2.16. The fraction of sp³-hybridized carbons (Fsp3) is 0.571. The van der Waals surface area contributed by atoms with Gasteiger partial charge in [-0.15, -0.1) is 0 Å². The lowest BCUT2D eigenvalue weighted by atomic mass is 10.2. The molecule has 0 bridgehead atoms. The minimum absolute atomic E-state index is 0.309. The maximum Gasteiger partial charge on any atom is 0.119 e. The SMILES string of the molecule is Nc1ccc(OCC(O)CNC2CCCC2)cc1. The van der Waals surface area contributed by atoms with Gasteiger partial charge in [0.05, 0.1) is 0 Å². The van der Waals surface area contributed by atoms with E-state index in [0.29, 0.717) is 24.9 Å². The van der Waals surface area contributed by atoms with Crippen LogP contribution in [0.4, 0.5) is 5.69 Å². The van der Waals surface area contributed by atoms with Crippen LogP contribution in [0.1, 0.15) is 25.7 Å². The molecular weight excluding hydrogens is 228 g/mol. The summed E-state index contributed by atoms with van der Waals surface area (Å²) in [6.45, 7) is 0.906. The number of nitrogens with two attached hydrogens (primary N) is 1. The Balaban J connectivity index is 1.64. The molecule has 4 N–H and O–H groups in total. The molecule has 0 amide bonds. The van der Waals surface area contributed by atoms with Crippen LogP contribution < -0.4 is 15.8 Å². The van der Waals surface area contributed by atoms with Crippen LogP contribution >= 0.6 is 0 Å². The van der Waals surface area contributed by atoms with Gasteiger partial charge in [0.15, 0.2) is 0 Å². The normalized spacial score (nSPS) is 17.8. The minimum atomic E-state index is -0.469. The second-order valence-corrected chi connectivity index (χ2v) is 4.92. The number of aliphatic hydroxyl groups excluding tert-OH is 1. The molecule has 18 heavy (non-hydrogen) atoms. The molecule has 1 aliphatic rings. The van der Waals surface area contributed by atoms with Crippen molar-refractivity contribution in [2.45, 2.75) is 37.8 Å². The zero-order valence-corrected chi connectivity index (χ0v) is 10.6. The molecule has 1 aromatic carbocycles. The van der Waals surface area contributed by atoms with Gasteiger partial charge in [-0.25, -0.2) is 0 Å². The first-order valence-electron chi connectivity index (χ1n) is 6.64. The summed E-state index contributed by atoms with van der Waals surface area (Å²) in [5.41, 5.74) is 6.30. The number of hydrogen-bond acceptors (Lipinski definition) is 4. The molecule has 0 heterocycles. The molecule has 4 heteroatoms. The van der Waals surface area contributed by atoms with Crippen molar-refractivity contribution in [1.29, 1.82) is 0 Å². The number of anilines is 1. The molecule has 0 radical (unpaired) electrons.